The maximum Gasteiger partial charge on any atom is 0.247 e. The van der Waals surface area contributed by atoms with Crippen LogP contribution >= 0.6 is 11.8 Å². The van der Waals surface area contributed by atoms with Gasteiger partial charge >= 0.3 is 0 Å². The van der Waals surface area contributed by atoms with E-state index in [9.17, 15) is 4.79 Å². The Balaban J connectivity index is 1.71. The first-order chi connectivity index (χ1) is 13.7. The molecule has 0 radical (unpaired) electrons. The largest absolute Gasteiger partial charge is 0.451 e. The van der Waals surface area contributed by atoms with E-state index in [0.717, 1.165) is 17.0 Å². The number of benzene rings is 2. The van der Waals surface area contributed by atoms with Crippen molar-refractivity contribution in [3.05, 3.63) is 60.2 Å². The zero-order valence-corrected chi connectivity index (χ0v) is 16.5. The number of carbonyl (C=O) groups is 1. The van der Waals surface area contributed by atoms with Gasteiger partial charge in [0.2, 0.25) is 16.9 Å². The van der Waals surface area contributed by atoms with Crippen molar-refractivity contribution in [2.24, 2.45) is 0 Å². The number of anilines is 1. The van der Waals surface area contributed by atoms with Crippen LogP contribution in [0.4, 0.5) is 5.69 Å². The molecule has 0 unspecified atom stereocenters. The van der Waals surface area contributed by atoms with Crippen LogP contribution in [0.15, 0.2) is 59.8 Å². The van der Waals surface area contributed by atoms with Gasteiger partial charge in [0.1, 0.15) is 0 Å². The van der Waals surface area contributed by atoms with Crippen LogP contribution in [0.5, 0.6) is 5.88 Å². The predicted molar refractivity (Wildman–Crippen MR) is 109 cm³/mol. The molecule has 142 valence electrons. The van der Waals surface area contributed by atoms with Gasteiger partial charge in [-0.1, -0.05) is 67.2 Å². The number of amides is 1. The summed E-state index contributed by atoms with van der Waals surface area (Å²) in [6, 6.07) is 17.8. The summed E-state index contributed by atoms with van der Waals surface area (Å²) in [5.41, 5.74) is 3.30. The number of carbonyl (C=O) groups excluding carboxylic acids is 1. The lowest BCUT2D eigenvalue weighted by Crippen LogP contribution is -2.42. The molecule has 0 aliphatic carbocycles. The predicted octanol–water partition coefficient (Wildman–Crippen LogP) is 4.31. The molecule has 0 saturated carbocycles. The van der Waals surface area contributed by atoms with Crippen LogP contribution in [0.1, 0.15) is 25.8 Å². The van der Waals surface area contributed by atoms with Crippen molar-refractivity contribution in [1.82, 2.24) is 15.2 Å². The van der Waals surface area contributed by atoms with E-state index in [-0.39, 0.29) is 5.91 Å². The van der Waals surface area contributed by atoms with E-state index < -0.39 is 6.23 Å². The lowest BCUT2D eigenvalue weighted by molar-refractivity contribution is -0.118. The van der Waals surface area contributed by atoms with E-state index in [4.69, 9.17) is 4.74 Å². The fourth-order valence-electron chi connectivity index (χ4n) is 3.19. The molecule has 1 atom stereocenters. The Kier molecular flexibility index (Phi) is 5.25. The summed E-state index contributed by atoms with van der Waals surface area (Å²) in [6.07, 6.45) is 0.188. The van der Waals surface area contributed by atoms with Gasteiger partial charge in [-0.05, 0) is 11.6 Å². The number of para-hydroxylation sites is 1. The molecule has 0 N–H and O–H groups in total. The van der Waals surface area contributed by atoms with Gasteiger partial charge in [-0.15, -0.1) is 10.2 Å². The zero-order valence-electron chi connectivity index (χ0n) is 15.7. The van der Waals surface area contributed by atoms with Gasteiger partial charge < -0.3 is 4.74 Å². The molecule has 4 rings (SSSR count). The van der Waals surface area contributed by atoms with Crippen LogP contribution in [0.3, 0.4) is 0 Å². The first-order valence-electron chi connectivity index (χ1n) is 9.14. The Morgan fingerprint density at radius 1 is 1.11 bits per heavy atom. The van der Waals surface area contributed by atoms with Crippen molar-refractivity contribution in [3.8, 4) is 17.1 Å². The number of thioether (sulfide) groups is 1. The topological polar surface area (TPSA) is 68.2 Å². The van der Waals surface area contributed by atoms with Crippen LogP contribution in [0, 0.1) is 0 Å². The van der Waals surface area contributed by atoms with Crippen molar-refractivity contribution >= 4 is 23.4 Å². The minimum absolute atomic E-state index is 0.0845. The van der Waals surface area contributed by atoms with E-state index >= 15 is 0 Å². The highest BCUT2D eigenvalue weighted by molar-refractivity contribution is 7.98. The summed E-state index contributed by atoms with van der Waals surface area (Å²) < 4.78 is 6.13. The molecule has 1 aliphatic heterocycles. The SMILES string of the molecule is CC[C@H]1Oc2nc(SCc3ccccc3)nnc2-c2ccccc2N1C(C)=O. The fraction of sp³-hybridized carbons (Fsp3) is 0.238. The first-order valence-corrected chi connectivity index (χ1v) is 10.1. The van der Waals surface area contributed by atoms with Crippen molar-refractivity contribution in [2.45, 2.75) is 37.4 Å². The maximum absolute atomic E-state index is 12.3. The molecule has 6 nitrogen and oxygen atoms in total. The zero-order chi connectivity index (χ0) is 19.5. The third-order valence-corrected chi connectivity index (χ3v) is 5.40. The van der Waals surface area contributed by atoms with E-state index in [2.05, 4.69) is 27.3 Å². The summed E-state index contributed by atoms with van der Waals surface area (Å²) in [5, 5.41) is 9.23. The third kappa shape index (κ3) is 3.57. The Morgan fingerprint density at radius 3 is 2.61 bits per heavy atom. The number of fused-ring (bicyclic) bond motifs is 3. The fourth-order valence-corrected chi connectivity index (χ4v) is 3.93. The van der Waals surface area contributed by atoms with Gasteiger partial charge in [0.15, 0.2) is 11.9 Å². The molecule has 0 bridgehead atoms. The van der Waals surface area contributed by atoms with Crippen LogP contribution in [0.2, 0.25) is 0 Å². The highest BCUT2D eigenvalue weighted by atomic mass is 32.2. The monoisotopic (exact) mass is 392 g/mol. The van der Waals surface area contributed by atoms with E-state index in [1.165, 1.54) is 17.3 Å². The molecular weight excluding hydrogens is 372 g/mol. The number of rotatable bonds is 4. The Labute approximate surface area is 168 Å². The van der Waals surface area contributed by atoms with Gasteiger partial charge in [0.05, 0.1) is 5.69 Å². The molecule has 0 spiro atoms. The van der Waals surface area contributed by atoms with Crippen molar-refractivity contribution < 1.29 is 9.53 Å². The second-order valence-corrected chi connectivity index (χ2v) is 7.35. The minimum Gasteiger partial charge on any atom is -0.451 e. The smallest absolute Gasteiger partial charge is 0.247 e. The summed E-state index contributed by atoms with van der Waals surface area (Å²) >= 11 is 1.51. The summed E-state index contributed by atoms with van der Waals surface area (Å²) in [4.78, 5) is 18.6. The molecule has 2 aromatic carbocycles. The Hall–Kier alpha value is -2.93. The Morgan fingerprint density at radius 2 is 1.86 bits per heavy atom. The molecule has 0 saturated heterocycles. The molecular formula is C21H20N4O2S. The van der Waals surface area contributed by atoms with Crippen LogP contribution in [0.25, 0.3) is 11.3 Å². The summed E-state index contributed by atoms with van der Waals surface area (Å²) in [7, 11) is 0. The van der Waals surface area contributed by atoms with Gasteiger partial charge in [0, 0.05) is 24.7 Å². The standard InChI is InChI=1S/C21H20N4O2S/c1-3-18-25(14(2)26)17-12-8-7-11-16(17)19-20(27-18)22-21(24-23-19)28-13-15-9-5-4-6-10-15/h4-12,18H,3,13H2,1-2H3/t18-/m1/s1. The van der Waals surface area contributed by atoms with Crippen molar-refractivity contribution in [3.63, 3.8) is 0 Å². The van der Waals surface area contributed by atoms with Crippen LogP contribution in [-0.2, 0) is 10.5 Å². The molecule has 7 heteroatoms. The average Bonchev–Trinajstić information content (AvgIpc) is 2.87. The highest BCUT2D eigenvalue weighted by Crippen LogP contribution is 2.39. The van der Waals surface area contributed by atoms with Gasteiger partial charge in [-0.3, -0.25) is 9.69 Å². The Bertz CT molecular complexity index is 997. The second kappa shape index (κ2) is 7.98. The number of ether oxygens (including phenoxy) is 1. The third-order valence-electron chi connectivity index (χ3n) is 4.49. The molecule has 1 aromatic heterocycles. The number of hydrogen-bond donors (Lipinski definition) is 0. The van der Waals surface area contributed by atoms with E-state index in [1.54, 1.807) is 11.8 Å². The lowest BCUT2D eigenvalue weighted by Gasteiger charge is -2.28. The van der Waals surface area contributed by atoms with Crippen LogP contribution < -0.4 is 9.64 Å². The molecule has 1 amide bonds. The van der Waals surface area contributed by atoms with Gasteiger partial charge in [-0.2, -0.15) is 4.98 Å². The van der Waals surface area contributed by atoms with E-state index in [1.807, 2.05) is 49.4 Å². The molecule has 3 aromatic rings. The molecule has 2 heterocycles. The van der Waals surface area contributed by atoms with Gasteiger partial charge in [0.25, 0.3) is 0 Å². The number of aromatic nitrogens is 3. The maximum atomic E-state index is 12.3. The first kappa shape index (κ1) is 18.4. The van der Waals surface area contributed by atoms with Gasteiger partial charge in [-0.25, -0.2) is 0 Å². The minimum atomic E-state index is -0.441. The quantitative estimate of drug-likeness (QED) is 0.616. The summed E-state index contributed by atoms with van der Waals surface area (Å²) in [5.74, 6) is 1.07. The van der Waals surface area contributed by atoms with Crippen LogP contribution in [-0.4, -0.2) is 27.3 Å². The van der Waals surface area contributed by atoms with Crippen molar-refractivity contribution in [1.29, 1.82) is 0 Å². The van der Waals surface area contributed by atoms with Crippen molar-refractivity contribution in [2.75, 3.05) is 4.90 Å². The normalized spacial score (nSPS) is 15.2. The summed E-state index contributed by atoms with van der Waals surface area (Å²) in [6.45, 7) is 3.52. The second-order valence-electron chi connectivity index (χ2n) is 6.41. The number of nitrogens with zero attached hydrogens (tertiary/aromatic N) is 4. The lowest BCUT2D eigenvalue weighted by atomic mass is 10.1. The molecule has 1 aliphatic rings. The number of hydrogen-bond acceptors (Lipinski definition) is 6. The molecule has 0 fully saturated rings. The highest BCUT2D eigenvalue weighted by Gasteiger charge is 2.32. The molecule has 28 heavy (non-hydrogen) atoms. The van der Waals surface area contributed by atoms with E-state index in [0.29, 0.717) is 23.2 Å². The average molecular weight is 392 g/mol.